The van der Waals surface area contributed by atoms with Gasteiger partial charge in [0.15, 0.2) is 9.84 Å². The highest BCUT2D eigenvalue weighted by Crippen LogP contribution is 2.18. The van der Waals surface area contributed by atoms with Crippen LogP contribution >= 0.6 is 0 Å². The number of rotatable bonds is 5. The second kappa shape index (κ2) is 6.41. The first-order valence-corrected chi connectivity index (χ1v) is 8.29. The minimum Gasteiger partial charge on any atom is -0.366 e. The molecule has 0 atom stereocenters. The molecule has 0 saturated heterocycles. The Labute approximate surface area is 132 Å². The van der Waals surface area contributed by atoms with Gasteiger partial charge < -0.3 is 5.32 Å². The number of nitro groups is 1. The SMILES string of the molecule is CS(=O)(=O)c1ccc(CNc2ccc([N+](=O)[O-])c(C#N)n2)cc1. The third-order valence-electron chi connectivity index (χ3n) is 3.00. The van der Waals surface area contributed by atoms with Crippen LogP contribution < -0.4 is 5.32 Å². The van der Waals surface area contributed by atoms with E-state index in [0.29, 0.717) is 12.4 Å². The molecular weight excluding hydrogens is 320 g/mol. The minimum atomic E-state index is -3.24. The van der Waals surface area contributed by atoms with E-state index in [2.05, 4.69) is 10.3 Å². The van der Waals surface area contributed by atoms with Crippen molar-refractivity contribution < 1.29 is 13.3 Å². The lowest BCUT2D eigenvalue weighted by molar-refractivity contribution is -0.385. The van der Waals surface area contributed by atoms with E-state index in [0.717, 1.165) is 11.8 Å². The number of nitriles is 1. The summed E-state index contributed by atoms with van der Waals surface area (Å²) in [5, 5.41) is 22.5. The van der Waals surface area contributed by atoms with Gasteiger partial charge in [-0.3, -0.25) is 10.1 Å². The zero-order chi connectivity index (χ0) is 17.0. The predicted octanol–water partition coefficient (Wildman–Crippen LogP) is 1.88. The van der Waals surface area contributed by atoms with E-state index < -0.39 is 14.8 Å². The van der Waals surface area contributed by atoms with E-state index >= 15 is 0 Å². The number of sulfone groups is 1. The van der Waals surface area contributed by atoms with Gasteiger partial charge in [-0.25, -0.2) is 13.4 Å². The Morgan fingerprint density at radius 2 is 1.91 bits per heavy atom. The van der Waals surface area contributed by atoms with E-state index in [1.54, 1.807) is 18.2 Å². The summed E-state index contributed by atoms with van der Waals surface area (Å²) >= 11 is 0. The van der Waals surface area contributed by atoms with Crippen molar-refractivity contribution in [1.29, 1.82) is 5.26 Å². The minimum absolute atomic E-state index is 0.224. The van der Waals surface area contributed by atoms with Crippen molar-refractivity contribution in [3.63, 3.8) is 0 Å². The lowest BCUT2D eigenvalue weighted by Gasteiger charge is -2.07. The highest BCUT2D eigenvalue weighted by atomic mass is 32.2. The summed E-state index contributed by atoms with van der Waals surface area (Å²) in [4.78, 5) is 14.2. The first-order valence-electron chi connectivity index (χ1n) is 6.39. The van der Waals surface area contributed by atoms with Crippen LogP contribution in [0.3, 0.4) is 0 Å². The summed E-state index contributed by atoms with van der Waals surface area (Å²) < 4.78 is 22.7. The van der Waals surface area contributed by atoms with Crippen LogP contribution in [0.4, 0.5) is 11.5 Å². The summed E-state index contributed by atoms with van der Waals surface area (Å²) in [5.74, 6) is 0.319. The molecule has 1 aromatic heterocycles. The van der Waals surface area contributed by atoms with Gasteiger partial charge in [-0.1, -0.05) is 12.1 Å². The fourth-order valence-electron chi connectivity index (χ4n) is 1.83. The molecule has 0 spiro atoms. The molecule has 8 nitrogen and oxygen atoms in total. The lowest BCUT2D eigenvalue weighted by Crippen LogP contribution is -2.04. The molecule has 0 fully saturated rings. The van der Waals surface area contributed by atoms with E-state index in [9.17, 15) is 18.5 Å². The van der Waals surface area contributed by atoms with Crippen LogP contribution in [-0.4, -0.2) is 24.6 Å². The lowest BCUT2D eigenvalue weighted by atomic mass is 10.2. The Kier molecular flexibility index (Phi) is 4.57. The second-order valence-electron chi connectivity index (χ2n) is 4.70. The Bertz CT molecular complexity index is 886. The molecule has 9 heteroatoms. The number of hydrogen-bond acceptors (Lipinski definition) is 7. The molecule has 1 N–H and O–H groups in total. The van der Waals surface area contributed by atoms with Gasteiger partial charge in [0.25, 0.3) is 0 Å². The number of aromatic nitrogens is 1. The maximum atomic E-state index is 11.4. The van der Waals surface area contributed by atoms with Crippen molar-refractivity contribution in [2.24, 2.45) is 0 Å². The first-order chi connectivity index (χ1) is 10.8. The maximum absolute atomic E-state index is 11.4. The van der Waals surface area contributed by atoms with E-state index in [1.165, 1.54) is 24.3 Å². The first kappa shape index (κ1) is 16.4. The van der Waals surface area contributed by atoms with E-state index in [-0.39, 0.29) is 16.3 Å². The fraction of sp³-hybridized carbons (Fsp3) is 0.143. The quantitative estimate of drug-likeness (QED) is 0.654. The molecule has 0 bridgehead atoms. The third-order valence-corrected chi connectivity index (χ3v) is 4.13. The summed E-state index contributed by atoms with van der Waals surface area (Å²) in [5.41, 5.74) is 0.180. The monoisotopic (exact) mass is 332 g/mol. The molecule has 23 heavy (non-hydrogen) atoms. The fourth-order valence-corrected chi connectivity index (χ4v) is 2.46. The third kappa shape index (κ3) is 4.02. The van der Waals surface area contributed by atoms with E-state index in [4.69, 9.17) is 5.26 Å². The van der Waals surface area contributed by atoms with Crippen molar-refractivity contribution >= 4 is 21.3 Å². The summed E-state index contributed by atoms with van der Waals surface area (Å²) in [6, 6.07) is 10.6. The van der Waals surface area contributed by atoms with Gasteiger partial charge in [0, 0.05) is 18.9 Å². The molecule has 0 amide bonds. The molecule has 1 aromatic carbocycles. The van der Waals surface area contributed by atoms with Crippen molar-refractivity contribution in [2.45, 2.75) is 11.4 Å². The molecule has 0 saturated carbocycles. The van der Waals surface area contributed by atoms with Gasteiger partial charge in [-0.15, -0.1) is 0 Å². The molecule has 2 rings (SSSR count). The largest absolute Gasteiger partial charge is 0.366 e. The number of nitrogens with zero attached hydrogens (tertiary/aromatic N) is 3. The van der Waals surface area contributed by atoms with Crippen LogP contribution in [0.25, 0.3) is 0 Å². The van der Waals surface area contributed by atoms with Crippen molar-refractivity contribution in [2.75, 3.05) is 11.6 Å². The Morgan fingerprint density at radius 1 is 1.26 bits per heavy atom. The van der Waals surface area contributed by atoms with E-state index in [1.807, 2.05) is 0 Å². The smallest absolute Gasteiger partial charge is 0.305 e. The summed E-state index contributed by atoms with van der Waals surface area (Å²) in [7, 11) is -3.24. The molecule has 0 aliphatic carbocycles. The molecule has 0 aliphatic rings. The molecule has 0 radical (unpaired) electrons. The van der Waals surface area contributed by atoms with Crippen LogP contribution in [0.2, 0.25) is 0 Å². The van der Waals surface area contributed by atoms with Gasteiger partial charge in [0.1, 0.15) is 11.9 Å². The van der Waals surface area contributed by atoms with Crippen LogP contribution in [0, 0.1) is 21.4 Å². The zero-order valence-corrected chi connectivity index (χ0v) is 12.9. The van der Waals surface area contributed by atoms with Crippen LogP contribution in [0.1, 0.15) is 11.3 Å². The van der Waals surface area contributed by atoms with Crippen molar-refractivity contribution in [3.05, 3.63) is 57.8 Å². The number of hydrogen-bond donors (Lipinski definition) is 1. The Balaban J connectivity index is 2.12. The Morgan fingerprint density at radius 3 is 2.43 bits per heavy atom. The maximum Gasteiger partial charge on any atom is 0.305 e. The normalized spacial score (nSPS) is 10.8. The highest BCUT2D eigenvalue weighted by Gasteiger charge is 2.15. The van der Waals surface area contributed by atoms with Gasteiger partial charge >= 0.3 is 5.69 Å². The van der Waals surface area contributed by atoms with Gasteiger partial charge in [-0.05, 0) is 23.8 Å². The average Bonchev–Trinajstić information content (AvgIpc) is 2.52. The van der Waals surface area contributed by atoms with Gasteiger partial charge in [0.2, 0.25) is 5.69 Å². The summed E-state index contributed by atoms with van der Waals surface area (Å²) in [6.07, 6.45) is 1.13. The number of pyridine rings is 1. The standard InChI is InChI=1S/C14H12N4O4S/c1-23(21,22)11-4-2-10(3-5-11)9-16-14-7-6-13(18(19)20)12(8-15)17-14/h2-7H,9H2,1H3,(H,16,17). The van der Waals surface area contributed by atoms with Crippen LogP contribution in [0.5, 0.6) is 0 Å². The molecule has 0 unspecified atom stereocenters. The molecule has 2 aromatic rings. The van der Waals surface area contributed by atoms with Gasteiger partial charge in [-0.2, -0.15) is 5.26 Å². The molecular formula is C14H12N4O4S. The molecule has 0 aliphatic heterocycles. The number of nitrogens with one attached hydrogen (secondary N) is 1. The number of benzene rings is 1. The Hall–Kier alpha value is -2.99. The molecule has 118 valence electrons. The predicted molar refractivity (Wildman–Crippen MR) is 82.5 cm³/mol. The topological polar surface area (TPSA) is 126 Å². The average molecular weight is 332 g/mol. The number of anilines is 1. The van der Waals surface area contributed by atoms with Crippen LogP contribution in [-0.2, 0) is 16.4 Å². The van der Waals surface area contributed by atoms with Crippen molar-refractivity contribution in [3.8, 4) is 6.07 Å². The van der Waals surface area contributed by atoms with Crippen molar-refractivity contribution in [1.82, 2.24) is 4.98 Å². The second-order valence-corrected chi connectivity index (χ2v) is 6.72. The van der Waals surface area contributed by atoms with Crippen LogP contribution in [0.15, 0.2) is 41.3 Å². The molecule has 1 heterocycles. The summed E-state index contributed by atoms with van der Waals surface area (Å²) in [6.45, 7) is 0.333. The zero-order valence-electron chi connectivity index (χ0n) is 12.1. The van der Waals surface area contributed by atoms with Gasteiger partial charge in [0.05, 0.1) is 9.82 Å². The highest BCUT2D eigenvalue weighted by molar-refractivity contribution is 7.90.